The monoisotopic (exact) mass is 485 g/mol. The number of para-hydroxylation sites is 3. The van der Waals surface area contributed by atoms with Gasteiger partial charge in [0.25, 0.3) is 0 Å². The van der Waals surface area contributed by atoms with Gasteiger partial charge in [0, 0.05) is 18.0 Å². The number of aromatic nitrogens is 4. The first kappa shape index (κ1) is 21.2. The van der Waals surface area contributed by atoms with Gasteiger partial charge in [0.15, 0.2) is 5.82 Å². The summed E-state index contributed by atoms with van der Waals surface area (Å²) in [5, 5.41) is 18.4. The smallest absolute Gasteiger partial charge is 0.201 e. The lowest BCUT2D eigenvalue weighted by atomic mass is 10.0. The normalized spacial score (nSPS) is 16.0. The van der Waals surface area contributed by atoms with Gasteiger partial charge in [-0.2, -0.15) is 5.10 Å². The third-order valence-corrected chi connectivity index (χ3v) is 6.69. The van der Waals surface area contributed by atoms with E-state index in [2.05, 4.69) is 33.4 Å². The number of anilines is 2. The van der Waals surface area contributed by atoms with Gasteiger partial charge in [-0.1, -0.05) is 30.3 Å². The Morgan fingerprint density at radius 1 is 0.919 bits per heavy atom. The number of nitrogens with zero attached hydrogens (tertiary/aromatic N) is 6. The van der Waals surface area contributed by atoms with Gasteiger partial charge in [0.1, 0.15) is 12.1 Å². The van der Waals surface area contributed by atoms with Crippen LogP contribution in [-0.2, 0) is 0 Å². The predicted molar refractivity (Wildman–Crippen MR) is 144 cm³/mol. The minimum Gasteiger partial charge on any atom is -0.508 e. The summed E-state index contributed by atoms with van der Waals surface area (Å²) in [5.41, 5.74) is 7.61. The summed E-state index contributed by atoms with van der Waals surface area (Å²) in [5.74, 6) is 1.11. The Balaban J connectivity index is 1.49. The van der Waals surface area contributed by atoms with E-state index in [0.29, 0.717) is 0 Å². The number of nitrogens with one attached hydrogen (secondary N) is 1. The molecule has 0 aliphatic carbocycles. The van der Waals surface area contributed by atoms with Crippen LogP contribution < -0.4 is 10.2 Å². The van der Waals surface area contributed by atoms with E-state index in [9.17, 15) is 5.11 Å². The second-order valence-corrected chi connectivity index (χ2v) is 9.00. The van der Waals surface area contributed by atoms with Crippen molar-refractivity contribution in [3.05, 3.63) is 120 Å². The summed E-state index contributed by atoms with van der Waals surface area (Å²) in [6.07, 6.45) is 7.29. The summed E-state index contributed by atoms with van der Waals surface area (Å²) < 4.78 is 3.96. The number of phenols is 1. The molecule has 2 aliphatic rings. The average Bonchev–Trinajstić information content (AvgIpc) is 3.66. The van der Waals surface area contributed by atoms with Crippen molar-refractivity contribution < 1.29 is 5.11 Å². The number of fused-ring (bicyclic) bond motifs is 3. The van der Waals surface area contributed by atoms with E-state index in [4.69, 9.17) is 10.1 Å². The molecular weight excluding hydrogens is 462 g/mol. The van der Waals surface area contributed by atoms with Crippen LogP contribution in [0.15, 0.2) is 109 Å². The second kappa shape index (κ2) is 8.23. The summed E-state index contributed by atoms with van der Waals surface area (Å²) in [6, 6.07) is 25.5. The average molecular weight is 486 g/mol. The van der Waals surface area contributed by atoms with Gasteiger partial charge in [0.2, 0.25) is 6.29 Å². The molecule has 8 nitrogen and oxygen atoms in total. The highest BCUT2D eigenvalue weighted by Gasteiger charge is 2.37. The number of aromatic hydroxyl groups is 1. The Kier molecular flexibility index (Phi) is 4.72. The first-order valence-corrected chi connectivity index (χ1v) is 12.0. The number of hydrogen-bond donors (Lipinski definition) is 2. The molecule has 37 heavy (non-hydrogen) atoms. The summed E-state index contributed by atoms with van der Waals surface area (Å²) in [4.78, 5) is 11.6. The molecule has 1 atom stereocenters. The molecule has 8 heteroatoms. The van der Waals surface area contributed by atoms with Crippen molar-refractivity contribution in [1.29, 1.82) is 0 Å². The number of rotatable bonds is 4. The minimum atomic E-state index is -0.323. The molecule has 180 valence electrons. The van der Waals surface area contributed by atoms with Crippen LogP contribution in [0.4, 0.5) is 11.4 Å². The number of hydrogen-bond acceptors (Lipinski definition) is 6. The van der Waals surface area contributed by atoms with Crippen molar-refractivity contribution >= 4 is 22.8 Å². The molecule has 0 bridgehead atoms. The lowest BCUT2D eigenvalue weighted by molar-refractivity contribution is 0.475. The Labute approximate surface area is 213 Å². The lowest BCUT2D eigenvalue weighted by Gasteiger charge is -2.31. The fourth-order valence-electron chi connectivity index (χ4n) is 5.03. The van der Waals surface area contributed by atoms with E-state index in [0.717, 1.165) is 51.1 Å². The molecular formula is C29H23N7O. The number of imidazole rings is 1. The molecule has 0 saturated carbocycles. The summed E-state index contributed by atoms with van der Waals surface area (Å²) in [7, 11) is 0. The third-order valence-electron chi connectivity index (χ3n) is 6.69. The van der Waals surface area contributed by atoms with E-state index in [1.54, 1.807) is 24.7 Å². The highest BCUT2D eigenvalue weighted by molar-refractivity contribution is 6.16. The fraction of sp³-hybridized carbons (Fsp3) is 0.0690. The first-order valence-electron chi connectivity index (χ1n) is 12.0. The van der Waals surface area contributed by atoms with Crippen LogP contribution in [0.3, 0.4) is 0 Å². The van der Waals surface area contributed by atoms with Gasteiger partial charge in [-0.05, 0) is 61.5 Å². The molecule has 3 aromatic carbocycles. The maximum atomic E-state index is 9.85. The zero-order valence-electron chi connectivity index (χ0n) is 20.0. The van der Waals surface area contributed by atoms with Crippen molar-refractivity contribution in [3.8, 4) is 17.3 Å². The van der Waals surface area contributed by atoms with Gasteiger partial charge in [-0.15, -0.1) is 0 Å². The highest BCUT2D eigenvalue weighted by Crippen LogP contribution is 2.44. The van der Waals surface area contributed by atoms with E-state index >= 15 is 0 Å². The molecule has 0 amide bonds. The van der Waals surface area contributed by atoms with E-state index < -0.39 is 0 Å². The number of aryl methyl sites for hydroxylation is 1. The van der Waals surface area contributed by atoms with E-state index in [1.165, 1.54) is 0 Å². The Hall–Kier alpha value is -5.11. The Bertz CT molecular complexity index is 1670. The maximum absolute atomic E-state index is 9.85. The topological polar surface area (TPSA) is 83.5 Å². The molecule has 1 unspecified atom stereocenters. The van der Waals surface area contributed by atoms with E-state index in [1.807, 2.05) is 77.0 Å². The number of aliphatic imine (C=N–C) groups is 1. The van der Waals surface area contributed by atoms with Crippen molar-refractivity contribution in [1.82, 2.24) is 19.3 Å². The largest absolute Gasteiger partial charge is 0.508 e. The molecule has 5 aromatic rings. The molecule has 2 aromatic heterocycles. The van der Waals surface area contributed by atoms with Crippen LogP contribution in [0.1, 0.15) is 16.8 Å². The standard InChI is InChI=1S/C29H23N7O/c1-19-27(28(34-16-15-30-18-34)36(33-19)21-7-3-2-4-8-21)26-17-24(20-11-13-22(37)14-12-20)32-29-31-23-9-5-6-10-25(23)35(26)29/h2-18,29,31,37H,1H3. The number of benzene rings is 3. The van der Waals surface area contributed by atoms with Gasteiger partial charge in [-0.3, -0.25) is 9.47 Å². The SMILES string of the molecule is Cc1nn(-c2ccccc2)c(-n2ccnc2)c1C1=CC(c2ccc(O)cc2)=NC2Nc3ccccc3N12. The number of phenolic OH excluding ortho intramolecular Hbond substituents is 1. The maximum Gasteiger partial charge on any atom is 0.201 e. The summed E-state index contributed by atoms with van der Waals surface area (Å²) in [6.45, 7) is 2.03. The van der Waals surface area contributed by atoms with E-state index in [-0.39, 0.29) is 12.0 Å². The highest BCUT2D eigenvalue weighted by atomic mass is 16.3. The van der Waals surface area contributed by atoms with Crippen molar-refractivity contribution in [2.75, 3.05) is 10.2 Å². The first-order chi connectivity index (χ1) is 18.2. The van der Waals surface area contributed by atoms with Gasteiger partial charge < -0.3 is 10.4 Å². The van der Waals surface area contributed by atoms with Crippen LogP contribution in [-0.4, -0.2) is 36.4 Å². The van der Waals surface area contributed by atoms with Gasteiger partial charge in [0.05, 0.1) is 39.7 Å². The zero-order chi connectivity index (χ0) is 24.9. The summed E-state index contributed by atoms with van der Waals surface area (Å²) >= 11 is 0. The van der Waals surface area contributed by atoms with Crippen LogP contribution in [0.25, 0.3) is 17.2 Å². The zero-order valence-corrected chi connectivity index (χ0v) is 20.0. The Morgan fingerprint density at radius 2 is 1.70 bits per heavy atom. The third kappa shape index (κ3) is 3.41. The van der Waals surface area contributed by atoms with Gasteiger partial charge >= 0.3 is 0 Å². The van der Waals surface area contributed by atoms with Crippen molar-refractivity contribution in [2.45, 2.75) is 13.2 Å². The van der Waals surface area contributed by atoms with Crippen molar-refractivity contribution in [3.63, 3.8) is 0 Å². The van der Waals surface area contributed by atoms with Crippen LogP contribution in [0.2, 0.25) is 0 Å². The molecule has 0 saturated heterocycles. The molecule has 0 spiro atoms. The molecule has 2 aliphatic heterocycles. The molecule has 2 N–H and O–H groups in total. The van der Waals surface area contributed by atoms with Crippen LogP contribution in [0.5, 0.6) is 5.75 Å². The van der Waals surface area contributed by atoms with Crippen LogP contribution in [0, 0.1) is 6.92 Å². The van der Waals surface area contributed by atoms with Gasteiger partial charge in [-0.25, -0.2) is 14.7 Å². The molecule has 0 radical (unpaired) electrons. The quantitative estimate of drug-likeness (QED) is 0.369. The minimum absolute atomic E-state index is 0.222. The lowest BCUT2D eigenvalue weighted by Crippen LogP contribution is -2.37. The molecule has 7 rings (SSSR count). The second-order valence-electron chi connectivity index (χ2n) is 9.00. The molecule has 4 heterocycles. The fourth-order valence-corrected chi connectivity index (χ4v) is 5.03. The molecule has 0 fully saturated rings. The predicted octanol–water partition coefficient (Wildman–Crippen LogP) is 5.13. The van der Waals surface area contributed by atoms with Crippen molar-refractivity contribution in [2.24, 2.45) is 4.99 Å². The number of allylic oxidation sites excluding steroid dienone is 1. The Morgan fingerprint density at radius 3 is 2.49 bits per heavy atom. The van der Waals surface area contributed by atoms with Crippen LogP contribution >= 0.6 is 0 Å².